The average Bonchev–Trinajstić information content (AvgIpc) is 2.32. The number of hydrogen-bond donors (Lipinski definition) is 0. The molecule has 1 saturated heterocycles. The zero-order valence-corrected chi connectivity index (χ0v) is 9.85. The van der Waals surface area contributed by atoms with Crippen molar-refractivity contribution in [2.75, 3.05) is 11.4 Å². The zero-order chi connectivity index (χ0) is 11.5. The maximum absolute atomic E-state index is 8.85. The normalized spacial score (nSPS) is 25.2. The summed E-state index contributed by atoms with van der Waals surface area (Å²) in [6.45, 7) is 5.54. The molecule has 2 heterocycles. The van der Waals surface area contributed by atoms with Crippen LogP contribution in [0.2, 0.25) is 0 Å². The van der Waals surface area contributed by atoms with Crippen LogP contribution in [0.25, 0.3) is 0 Å². The summed E-state index contributed by atoms with van der Waals surface area (Å²) in [5, 5.41) is 8.85. The second-order valence-electron chi connectivity index (χ2n) is 4.68. The van der Waals surface area contributed by atoms with Gasteiger partial charge in [0.05, 0.1) is 0 Å². The second-order valence-corrected chi connectivity index (χ2v) is 4.68. The van der Waals surface area contributed by atoms with Crippen LogP contribution in [0.3, 0.4) is 0 Å². The van der Waals surface area contributed by atoms with Crippen LogP contribution >= 0.6 is 0 Å². The molecule has 1 aromatic rings. The fourth-order valence-corrected chi connectivity index (χ4v) is 2.25. The highest BCUT2D eigenvalue weighted by Gasteiger charge is 2.23. The summed E-state index contributed by atoms with van der Waals surface area (Å²) in [6.07, 6.45) is 2.50. The maximum Gasteiger partial charge on any atom is 0.142 e. The molecule has 1 fully saturated rings. The predicted octanol–water partition coefficient (Wildman–Crippen LogP) is 2.58. The summed E-state index contributed by atoms with van der Waals surface area (Å²) >= 11 is 0. The van der Waals surface area contributed by atoms with E-state index in [1.165, 1.54) is 12.8 Å². The van der Waals surface area contributed by atoms with Crippen molar-refractivity contribution in [2.45, 2.75) is 32.7 Å². The van der Waals surface area contributed by atoms with Crippen molar-refractivity contribution >= 4 is 5.82 Å². The van der Waals surface area contributed by atoms with Crippen LogP contribution < -0.4 is 4.90 Å². The lowest BCUT2D eigenvalue weighted by Gasteiger charge is -2.37. The number of pyridine rings is 1. The zero-order valence-electron chi connectivity index (χ0n) is 9.85. The number of hydrogen-bond acceptors (Lipinski definition) is 3. The van der Waals surface area contributed by atoms with Crippen molar-refractivity contribution in [3.63, 3.8) is 0 Å². The van der Waals surface area contributed by atoms with Gasteiger partial charge in [-0.2, -0.15) is 5.26 Å². The third-order valence-corrected chi connectivity index (χ3v) is 3.26. The van der Waals surface area contributed by atoms with Gasteiger partial charge in [-0.25, -0.2) is 4.98 Å². The number of aromatic nitrogens is 1. The molecule has 1 aromatic heterocycles. The quantitative estimate of drug-likeness (QED) is 0.723. The van der Waals surface area contributed by atoms with Crippen LogP contribution in [0.4, 0.5) is 5.82 Å². The van der Waals surface area contributed by atoms with Crippen molar-refractivity contribution in [1.82, 2.24) is 4.98 Å². The van der Waals surface area contributed by atoms with E-state index in [-0.39, 0.29) is 0 Å². The third-order valence-electron chi connectivity index (χ3n) is 3.26. The van der Waals surface area contributed by atoms with Gasteiger partial charge in [-0.1, -0.05) is 13.0 Å². The molecule has 0 spiro atoms. The fraction of sp³-hybridized carbons (Fsp3) is 0.538. The first-order valence-electron chi connectivity index (χ1n) is 5.84. The van der Waals surface area contributed by atoms with Crippen molar-refractivity contribution in [3.05, 3.63) is 23.9 Å². The first kappa shape index (κ1) is 10.9. The van der Waals surface area contributed by atoms with Gasteiger partial charge in [-0.15, -0.1) is 0 Å². The van der Waals surface area contributed by atoms with Crippen LogP contribution in [0.1, 0.15) is 32.4 Å². The lowest BCUT2D eigenvalue weighted by Crippen LogP contribution is -2.41. The summed E-state index contributed by atoms with van der Waals surface area (Å²) in [7, 11) is 0. The van der Waals surface area contributed by atoms with Crippen LogP contribution in [0, 0.1) is 17.2 Å². The first-order chi connectivity index (χ1) is 7.70. The Kier molecular flexibility index (Phi) is 3.09. The predicted molar refractivity (Wildman–Crippen MR) is 64.2 cm³/mol. The number of nitriles is 1. The molecule has 1 aliphatic heterocycles. The molecule has 0 N–H and O–H groups in total. The van der Waals surface area contributed by atoms with Crippen LogP contribution in [-0.4, -0.2) is 17.6 Å². The average molecular weight is 215 g/mol. The van der Waals surface area contributed by atoms with Gasteiger partial charge in [-0.3, -0.25) is 0 Å². The lowest BCUT2D eigenvalue weighted by atomic mass is 9.95. The van der Waals surface area contributed by atoms with E-state index < -0.39 is 0 Å². The minimum atomic E-state index is 0.503. The van der Waals surface area contributed by atoms with Crippen LogP contribution in [0.15, 0.2) is 18.2 Å². The molecule has 2 atom stereocenters. The summed E-state index contributed by atoms with van der Waals surface area (Å²) in [5.41, 5.74) is 0.503. The Morgan fingerprint density at radius 3 is 2.94 bits per heavy atom. The Morgan fingerprint density at radius 2 is 2.19 bits per heavy atom. The smallest absolute Gasteiger partial charge is 0.142 e. The molecule has 2 unspecified atom stereocenters. The van der Waals surface area contributed by atoms with Gasteiger partial charge in [-0.05, 0) is 37.8 Å². The monoisotopic (exact) mass is 215 g/mol. The second kappa shape index (κ2) is 4.52. The van der Waals surface area contributed by atoms with Crippen molar-refractivity contribution in [2.24, 2.45) is 5.92 Å². The molecule has 1 aliphatic rings. The summed E-state index contributed by atoms with van der Waals surface area (Å²) in [6, 6.07) is 8.28. The summed E-state index contributed by atoms with van der Waals surface area (Å²) < 4.78 is 0. The molecule has 0 amide bonds. The molecule has 3 heteroatoms. The molecular weight excluding hydrogens is 198 g/mol. The SMILES string of the molecule is CC1CCC(C)N(c2cccc(C#N)n2)C1. The summed E-state index contributed by atoms with van der Waals surface area (Å²) in [5.74, 6) is 1.65. The van der Waals surface area contributed by atoms with Gasteiger partial charge in [0.25, 0.3) is 0 Å². The fourth-order valence-electron chi connectivity index (χ4n) is 2.25. The van der Waals surface area contributed by atoms with Gasteiger partial charge < -0.3 is 4.90 Å². The van der Waals surface area contributed by atoms with E-state index >= 15 is 0 Å². The van der Waals surface area contributed by atoms with E-state index in [2.05, 4.69) is 29.8 Å². The van der Waals surface area contributed by atoms with E-state index in [4.69, 9.17) is 5.26 Å². The van der Waals surface area contributed by atoms with E-state index in [0.717, 1.165) is 12.4 Å². The van der Waals surface area contributed by atoms with E-state index in [9.17, 15) is 0 Å². The Balaban J connectivity index is 2.25. The topological polar surface area (TPSA) is 39.9 Å². The van der Waals surface area contributed by atoms with Gasteiger partial charge in [0.15, 0.2) is 0 Å². The van der Waals surface area contributed by atoms with E-state index in [1.54, 1.807) is 6.07 Å². The molecule has 0 bridgehead atoms. The highest BCUT2D eigenvalue weighted by Crippen LogP contribution is 2.25. The first-order valence-corrected chi connectivity index (χ1v) is 5.84. The maximum atomic E-state index is 8.85. The number of nitrogens with zero attached hydrogens (tertiary/aromatic N) is 3. The third kappa shape index (κ3) is 2.16. The van der Waals surface area contributed by atoms with Crippen molar-refractivity contribution < 1.29 is 0 Å². The van der Waals surface area contributed by atoms with Gasteiger partial charge in [0.2, 0.25) is 0 Å². The number of rotatable bonds is 1. The van der Waals surface area contributed by atoms with Gasteiger partial charge >= 0.3 is 0 Å². The highest BCUT2D eigenvalue weighted by molar-refractivity contribution is 5.43. The Bertz CT molecular complexity index is 408. The molecule has 0 aromatic carbocycles. The van der Waals surface area contributed by atoms with Crippen molar-refractivity contribution in [1.29, 1.82) is 5.26 Å². The van der Waals surface area contributed by atoms with Gasteiger partial charge in [0, 0.05) is 12.6 Å². The van der Waals surface area contributed by atoms with E-state index in [1.807, 2.05) is 12.1 Å². The molecule has 16 heavy (non-hydrogen) atoms. The Hall–Kier alpha value is -1.56. The molecule has 2 rings (SSSR count). The Morgan fingerprint density at radius 1 is 1.38 bits per heavy atom. The van der Waals surface area contributed by atoms with Crippen LogP contribution in [-0.2, 0) is 0 Å². The largest absolute Gasteiger partial charge is 0.354 e. The van der Waals surface area contributed by atoms with Gasteiger partial charge in [0.1, 0.15) is 17.6 Å². The summed E-state index contributed by atoms with van der Waals surface area (Å²) in [4.78, 5) is 6.68. The highest BCUT2D eigenvalue weighted by atomic mass is 15.2. The van der Waals surface area contributed by atoms with Crippen molar-refractivity contribution in [3.8, 4) is 6.07 Å². The minimum absolute atomic E-state index is 0.503. The number of piperidine rings is 1. The molecule has 0 saturated carbocycles. The Labute approximate surface area is 96.7 Å². The molecule has 0 radical (unpaired) electrons. The number of anilines is 1. The standard InChI is InChI=1S/C13H17N3/c1-10-6-7-11(2)16(9-10)13-5-3-4-12(8-14)15-13/h3-5,10-11H,6-7,9H2,1-2H3. The molecule has 3 nitrogen and oxygen atoms in total. The molecular formula is C13H17N3. The molecule has 84 valence electrons. The van der Waals surface area contributed by atoms with E-state index in [0.29, 0.717) is 17.7 Å². The minimum Gasteiger partial charge on any atom is -0.354 e. The lowest BCUT2D eigenvalue weighted by molar-refractivity contribution is 0.388. The van der Waals surface area contributed by atoms with Crippen LogP contribution in [0.5, 0.6) is 0 Å². The molecule has 0 aliphatic carbocycles.